The lowest BCUT2D eigenvalue weighted by atomic mass is 10.1. The van der Waals surface area contributed by atoms with Crippen LogP contribution in [-0.4, -0.2) is 23.6 Å². The molecule has 0 unspecified atom stereocenters. The molecule has 0 aliphatic heterocycles. The summed E-state index contributed by atoms with van der Waals surface area (Å²) in [4.78, 5) is 23.8. The number of hydrogen-bond acceptors (Lipinski definition) is 5. The molecule has 0 bridgehead atoms. The second kappa shape index (κ2) is 6.56. The number of carbonyl (C=O) groups is 2. The standard InChI is InChI=1S/C16H15NO4/c1-2-17-13-10-6-9-12(14(13)18)16(20)21-15(19)11-7-4-3-5-8-11/h3-10,17-18H,2H2,1H3. The molecule has 0 radical (unpaired) electrons. The molecule has 0 aromatic heterocycles. The van der Waals surface area contributed by atoms with Gasteiger partial charge in [0.05, 0.1) is 11.3 Å². The molecule has 108 valence electrons. The van der Waals surface area contributed by atoms with Gasteiger partial charge < -0.3 is 15.2 Å². The maximum absolute atomic E-state index is 12.0. The molecule has 2 aromatic carbocycles. The third-order valence-electron chi connectivity index (χ3n) is 2.82. The van der Waals surface area contributed by atoms with Crippen molar-refractivity contribution in [2.45, 2.75) is 6.92 Å². The van der Waals surface area contributed by atoms with E-state index in [0.717, 1.165) is 0 Å². The minimum atomic E-state index is -0.888. The van der Waals surface area contributed by atoms with Gasteiger partial charge in [-0.05, 0) is 31.2 Å². The van der Waals surface area contributed by atoms with Crippen molar-refractivity contribution in [3.63, 3.8) is 0 Å². The van der Waals surface area contributed by atoms with Gasteiger partial charge in [0.2, 0.25) is 0 Å². The maximum atomic E-state index is 12.0. The predicted molar refractivity (Wildman–Crippen MR) is 78.5 cm³/mol. The SMILES string of the molecule is CCNc1cccc(C(=O)OC(=O)c2ccccc2)c1O. The van der Waals surface area contributed by atoms with Gasteiger partial charge >= 0.3 is 11.9 Å². The van der Waals surface area contributed by atoms with E-state index in [-0.39, 0.29) is 16.9 Å². The second-order valence-corrected chi connectivity index (χ2v) is 4.28. The quantitative estimate of drug-likeness (QED) is 0.513. The summed E-state index contributed by atoms with van der Waals surface area (Å²) in [6.45, 7) is 2.46. The molecule has 2 aromatic rings. The molecule has 5 nitrogen and oxygen atoms in total. The van der Waals surface area contributed by atoms with Gasteiger partial charge in [0.15, 0.2) is 5.75 Å². The second-order valence-electron chi connectivity index (χ2n) is 4.28. The number of phenolic OH excluding ortho intramolecular Hbond substituents is 1. The largest absolute Gasteiger partial charge is 0.505 e. The van der Waals surface area contributed by atoms with Crippen molar-refractivity contribution in [3.8, 4) is 5.75 Å². The molecule has 0 heterocycles. The maximum Gasteiger partial charge on any atom is 0.349 e. The third kappa shape index (κ3) is 3.39. The van der Waals surface area contributed by atoms with Crippen molar-refractivity contribution in [3.05, 3.63) is 59.7 Å². The van der Waals surface area contributed by atoms with Gasteiger partial charge in [0, 0.05) is 6.54 Å². The molecule has 0 amide bonds. The van der Waals surface area contributed by atoms with Crippen molar-refractivity contribution in [1.29, 1.82) is 0 Å². The normalized spacial score (nSPS) is 9.95. The first kappa shape index (κ1) is 14.6. The average molecular weight is 285 g/mol. The number of rotatable bonds is 4. The van der Waals surface area contributed by atoms with E-state index in [0.29, 0.717) is 12.2 Å². The number of benzene rings is 2. The van der Waals surface area contributed by atoms with Crippen LogP contribution in [-0.2, 0) is 4.74 Å². The smallest absolute Gasteiger partial charge is 0.349 e. The van der Waals surface area contributed by atoms with Crippen LogP contribution in [0.1, 0.15) is 27.6 Å². The summed E-state index contributed by atoms with van der Waals surface area (Å²) in [7, 11) is 0. The van der Waals surface area contributed by atoms with Crippen LogP contribution in [0.25, 0.3) is 0 Å². The van der Waals surface area contributed by atoms with Gasteiger partial charge in [0.25, 0.3) is 0 Å². The summed E-state index contributed by atoms with van der Waals surface area (Å²) >= 11 is 0. The molecular weight excluding hydrogens is 270 g/mol. The van der Waals surface area contributed by atoms with Crippen molar-refractivity contribution >= 4 is 17.6 Å². The van der Waals surface area contributed by atoms with Gasteiger partial charge in [-0.25, -0.2) is 9.59 Å². The van der Waals surface area contributed by atoms with Crippen LogP contribution in [0, 0.1) is 0 Å². The van der Waals surface area contributed by atoms with Gasteiger partial charge in [-0.1, -0.05) is 24.3 Å². The molecule has 0 saturated carbocycles. The summed E-state index contributed by atoms with van der Waals surface area (Å²) in [5.74, 6) is -1.87. The van der Waals surface area contributed by atoms with Gasteiger partial charge in [-0.2, -0.15) is 0 Å². The molecule has 0 aliphatic rings. The first-order chi connectivity index (χ1) is 10.1. The Morgan fingerprint density at radius 2 is 1.76 bits per heavy atom. The van der Waals surface area contributed by atoms with Crippen molar-refractivity contribution in [2.24, 2.45) is 0 Å². The molecule has 2 N–H and O–H groups in total. The monoisotopic (exact) mass is 285 g/mol. The Morgan fingerprint density at radius 1 is 1.05 bits per heavy atom. The molecule has 0 saturated heterocycles. The Bertz CT molecular complexity index is 653. The number of anilines is 1. The summed E-state index contributed by atoms with van der Waals surface area (Å²) in [5, 5.41) is 12.9. The topological polar surface area (TPSA) is 75.6 Å². The molecule has 0 atom stereocenters. The van der Waals surface area contributed by atoms with E-state index in [1.54, 1.807) is 42.5 Å². The van der Waals surface area contributed by atoms with E-state index in [9.17, 15) is 14.7 Å². The molecule has 21 heavy (non-hydrogen) atoms. The number of carbonyl (C=O) groups excluding carboxylic acids is 2. The van der Waals surface area contributed by atoms with Crippen molar-refractivity contribution in [1.82, 2.24) is 0 Å². The van der Waals surface area contributed by atoms with Crippen LogP contribution >= 0.6 is 0 Å². The van der Waals surface area contributed by atoms with E-state index in [1.165, 1.54) is 6.07 Å². The van der Waals surface area contributed by atoms with Crippen molar-refractivity contribution in [2.75, 3.05) is 11.9 Å². The minimum absolute atomic E-state index is 0.0577. The highest BCUT2D eigenvalue weighted by Gasteiger charge is 2.19. The number of aromatic hydroxyl groups is 1. The minimum Gasteiger partial charge on any atom is -0.505 e. The van der Waals surface area contributed by atoms with Crippen molar-refractivity contribution < 1.29 is 19.4 Å². The lowest BCUT2D eigenvalue weighted by Crippen LogP contribution is -2.13. The van der Waals surface area contributed by atoms with Crippen LogP contribution in [0.5, 0.6) is 5.75 Å². The number of phenols is 1. The van der Waals surface area contributed by atoms with E-state index in [1.807, 2.05) is 6.92 Å². The zero-order valence-electron chi connectivity index (χ0n) is 11.5. The number of hydrogen-bond donors (Lipinski definition) is 2. The third-order valence-corrected chi connectivity index (χ3v) is 2.82. The van der Waals surface area contributed by atoms with Gasteiger partial charge in [-0.3, -0.25) is 0 Å². The summed E-state index contributed by atoms with van der Waals surface area (Å²) < 4.78 is 4.77. The predicted octanol–water partition coefficient (Wildman–Crippen LogP) is 2.82. The molecule has 0 aliphatic carbocycles. The molecule has 2 rings (SSSR count). The molecular formula is C16H15NO4. The summed E-state index contributed by atoms with van der Waals surface area (Å²) in [6.07, 6.45) is 0. The highest BCUT2D eigenvalue weighted by atomic mass is 16.6. The average Bonchev–Trinajstić information content (AvgIpc) is 2.50. The Hall–Kier alpha value is -2.82. The van der Waals surface area contributed by atoms with Crippen LogP contribution in [0.2, 0.25) is 0 Å². The number of ether oxygens (including phenoxy) is 1. The fourth-order valence-corrected chi connectivity index (χ4v) is 1.81. The zero-order chi connectivity index (χ0) is 15.2. The summed E-state index contributed by atoms with van der Waals surface area (Å²) in [6, 6.07) is 12.8. The lowest BCUT2D eigenvalue weighted by molar-refractivity contribution is 0.0396. The molecule has 0 spiro atoms. The van der Waals surface area contributed by atoms with Gasteiger partial charge in [0.1, 0.15) is 5.56 Å². The highest BCUT2D eigenvalue weighted by Crippen LogP contribution is 2.28. The molecule has 0 fully saturated rings. The Morgan fingerprint density at radius 3 is 2.43 bits per heavy atom. The van der Waals surface area contributed by atoms with Gasteiger partial charge in [-0.15, -0.1) is 0 Å². The fourth-order valence-electron chi connectivity index (χ4n) is 1.81. The zero-order valence-corrected chi connectivity index (χ0v) is 11.5. The van der Waals surface area contributed by atoms with E-state index in [4.69, 9.17) is 4.74 Å². The lowest BCUT2D eigenvalue weighted by Gasteiger charge is -2.09. The molecule has 5 heteroatoms. The number of para-hydroxylation sites is 1. The van der Waals surface area contributed by atoms with E-state index >= 15 is 0 Å². The Kier molecular flexibility index (Phi) is 4.56. The fraction of sp³-hybridized carbons (Fsp3) is 0.125. The first-order valence-corrected chi connectivity index (χ1v) is 6.51. The van der Waals surface area contributed by atoms with Crippen LogP contribution in [0.3, 0.4) is 0 Å². The van der Waals surface area contributed by atoms with E-state index in [2.05, 4.69) is 5.32 Å². The van der Waals surface area contributed by atoms with Crippen LogP contribution in [0.4, 0.5) is 5.69 Å². The van der Waals surface area contributed by atoms with Crippen LogP contribution < -0.4 is 5.32 Å². The summed E-state index contributed by atoms with van der Waals surface area (Å²) in [5.41, 5.74) is 0.630. The first-order valence-electron chi connectivity index (χ1n) is 6.51. The number of esters is 2. The van der Waals surface area contributed by atoms with E-state index < -0.39 is 11.9 Å². The Labute approximate surface area is 122 Å². The number of nitrogens with one attached hydrogen (secondary N) is 1. The van der Waals surface area contributed by atoms with Crippen LogP contribution in [0.15, 0.2) is 48.5 Å². The highest BCUT2D eigenvalue weighted by molar-refractivity contribution is 6.04. The Balaban J connectivity index is 2.18.